The zero-order valence-corrected chi connectivity index (χ0v) is 31.5. The minimum absolute atomic E-state index is 0.0556. The Balaban J connectivity index is 6.79. The van der Waals surface area contributed by atoms with E-state index in [4.69, 9.17) is 10.6 Å². The monoisotopic (exact) mass is 638 g/mol. The molecule has 0 unspecified atom stereocenters. The van der Waals surface area contributed by atoms with Gasteiger partial charge in [0.15, 0.2) is 0 Å². The molecule has 0 fully saturated rings. The van der Waals surface area contributed by atoms with E-state index >= 15 is 0 Å². The van der Waals surface area contributed by atoms with Crippen LogP contribution in [0.4, 0.5) is 0 Å². The van der Waals surface area contributed by atoms with Gasteiger partial charge in [0.25, 0.3) is 0 Å². The molecule has 0 bridgehead atoms. The average Bonchev–Trinajstić information content (AvgIpc) is 2.84. The molecule has 7 heteroatoms. The Bertz CT molecular complexity index is 444. The van der Waals surface area contributed by atoms with Crippen LogP contribution in [0.15, 0.2) is 0 Å². The fourth-order valence-electron chi connectivity index (χ4n) is 5.30. The van der Waals surface area contributed by atoms with Gasteiger partial charge in [-0.25, -0.2) is 0 Å². The van der Waals surface area contributed by atoms with E-state index in [2.05, 4.69) is 69.2 Å². The third-order valence-corrected chi connectivity index (χ3v) is 30.1. The van der Waals surface area contributed by atoms with Gasteiger partial charge in [0, 0.05) is 0 Å². The second kappa shape index (κ2) is 21.8. The molecule has 0 aromatic carbocycles. The summed E-state index contributed by atoms with van der Waals surface area (Å²) in [4.78, 5) is 0. The van der Waals surface area contributed by atoms with Gasteiger partial charge >= 0.3 is 244 Å². The van der Waals surface area contributed by atoms with Gasteiger partial charge in [-0.15, -0.1) is 0 Å². The van der Waals surface area contributed by atoms with Crippen LogP contribution in [0.25, 0.3) is 0 Å². The minimum atomic E-state index is -4.39. The van der Waals surface area contributed by atoms with Crippen molar-refractivity contribution in [1.29, 1.82) is 0 Å². The van der Waals surface area contributed by atoms with Crippen molar-refractivity contribution in [2.24, 2.45) is 0 Å². The van der Waals surface area contributed by atoms with Crippen LogP contribution in [-0.2, 0) is 32.7 Å². The first-order valence-corrected chi connectivity index (χ1v) is 25.4. The summed E-state index contributed by atoms with van der Waals surface area (Å²) in [6.45, 7) is 22.5. The molecule has 0 rings (SSSR count). The predicted octanol–water partition coefficient (Wildman–Crippen LogP) is 11.4. The second-order valence-corrected chi connectivity index (χ2v) is 26.8. The first kappa shape index (κ1) is 38.2. The van der Waals surface area contributed by atoms with Crippen molar-refractivity contribution < 1.29 is 32.7 Å². The molecule has 0 N–H and O–H groups in total. The van der Waals surface area contributed by atoms with Gasteiger partial charge in [-0.2, -0.15) is 0 Å². The van der Waals surface area contributed by atoms with Crippen molar-refractivity contribution in [2.45, 2.75) is 195 Å². The molecule has 0 spiro atoms. The van der Waals surface area contributed by atoms with Gasteiger partial charge in [0.05, 0.1) is 0 Å². The molecule has 0 saturated carbocycles. The fourth-order valence-corrected chi connectivity index (χ4v) is 32.5. The number of hydrogen-bond donors (Lipinski definition) is 0. The third kappa shape index (κ3) is 16.3. The first-order chi connectivity index (χ1) is 17.6. The Morgan fingerprint density at radius 2 is 0.649 bits per heavy atom. The summed E-state index contributed by atoms with van der Waals surface area (Å²) in [7, 11) is -4.16. The molecule has 0 amide bonds. The second-order valence-electron chi connectivity index (χ2n) is 12.0. The van der Waals surface area contributed by atoms with E-state index in [1.165, 1.54) is 113 Å². The summed E-state index contributed by atoms with van der Waals surface area (Å²) in [5, 5.41) is 0. The fraction of sp³-hybridized carbons (Fsp3) is 1.00. The van der Waals surface area contributed by atoms with Gasteiger partial charge in [0.1, 0.15) is 0 Å². The SMILES string of the molecule is CCCC[Si](CCCC)(CCCC)[O][Zr]([O]C(C)C)([O]C(C)C)[O][Si](CCCC)(CCCC)CCCC. The van der Waals surface area contributed by atoms with E-state index in [1.54, 1.807) is 0 Å². The first-order valence-electron chi connectivity index (χ1n) is 16.4. The zero-order valence-electron chi connectivity index (χ0n) is 27.0. The summed E-state index contributed by atoms with van der Waals surface area (Å²) >= 11 is -4.39. The van der Waals surface area contributed by atoms with Crippen molar-refractivity contribution in [3.63, 3.8) is 0 Å². The Morgan fingerprint density at radius 1 is 0.432 bits per heavy atom. The number of rotatable bonds is 26. The normalized spacial score (nSPS) is 13.3. The Morgan fingerprint density at radius 3 is 0.811 bits per heavy atom. The van der Waals surface area contributed by atoms with Crippen LogP contribution in [-0.4, -0.2) is 28.8 Å². The van der Waals surface area contributed by atoms with Gasteiger partial charge < -0.3 is 0 Å². The van der Waals surface area contributed by atoms with Gasteiger partial charge in [0.2, 0.25) is 0 Å². The molecule has 0 saturated heterocycles. The molecule has 37 heavy (non-hydrogen) atoms. The van der Waals surface area contributed by atoms with Crippen molar-refractivity contribution in [1.82, 2.24) is 0 Å². The molecular formula is C30H68O4Si2Zr. The Labute approximate surface area is 242 Å². The van der Waals surface area contributed by atoms with Crippen molar-refractivity contribution in [3.05, 3.63) is 0 Å². The maximum absolute atomic E-state index is 7.67. The Hall–Kier alpha value is 1.16. The standard InChI is InChI=1S/2C12H27OSi.2C3H7O.Zr/c2*1-4-7-10-14(13,11-8-5-2)12-9-6-3;2*1-3(2)4;/h2*4-12H2,1-3H3;2*3H,1-2H3;/q4*-1;+4. The van der Waals surface area contributed by atoms with Crippen molar-refractivity contribution in [2.75, 3.05) is 0 Å². The van der Waals surface area contributed by atoms with Crippen molar-refractivity contribution >= 4 is 16.6 Å². The van der Waals surface area contributed by atoms with Crippen LogP contribution in [0.1, 0.15) is 146 Å². The molecule has 0 aliphatic carbocycles. The van der Waals surface area contributed by atoms with E-state index in [9.17, 15) is 0 Å². The molecule has 0 aliphatic heterocycles. The molecular weight excluding hydrogens is 572 g/mol. The van der Waals surface area contributed by atoms with Crippen LogP contribution in [0.3, 0.4) is 0 Å². The maximum atomic E-state index is 7.67. The average molecular weight is 640 g/mol. The van der Waals surface area contributed by atoms with E-state index in [1.807, 2.05) is 0 Å². The molecule has 4 nitrogen and oxygen atoms in total. The van der Waals surface area contributed by atoms with E-state index in [0.29, 0.717) is 0 Å². The molecule has 224 valence electrons. The number of hydrogen-bond acceptors (Lipinski definition) is 4. The van der Waals surface area contributed by atoms with Crippen LogP contribution < -0.4 is 0 Å². The summed E-state index contributed by atoms with van der Waals surface area (Å²) in [6.07, 6.45) is 14.9. The molecule has 0 aliphatic rings. The zero-order chi connectivity index (χ0) is 28.2. The van der Waals surface area contributed by atoms with Crippen LogP contribution in [0.5, 0.6) is 0 Å². The topological polar surface area (TPSA) is 36.9 Å². The van der Waals surface area contributed by atoms with E-state index in [0.717, 1.165) is 0 Å². The summed E-state index contributed by atoms with van der Waals surface area (Å²) in [6, 6.07) is 7.34. The third-order valence-electron chi connectivity index (χ3n) is 7.36. The van der Waals surface area contributed by atoms with Gasteiger partial charge in [-0.05, 0) is 0 Å². The Kier molecular flexibility index (Phi) is 22.5. The van der Waals surface area contributed by atoms with Gasteiger partial charge in [-0.1, -0.05) is 0 Å². The van der Waals surface area contributed by atoms with E-state index < -0.39 is 38.7 Å². The molecule has 0 radical (unpaired) electrons. The van der Waals surface area contributed by atoms with Crippen LogP contribution in [0, 0.1) is 0 Å². The van der Waals surface area contributed by atoms with Crippen LogP contribution in [0.2, 0.25) is 36.3 Å². The predicted molar refractivity (Wildman–Crippen MR) is 164 cm³/mol. The molecule has 0 heterocycles. The molecule has 0 aromatic heterocycles. The van der Waals surface area contributed by atoms with E-state index in [-0.39, 0.29) is 12.2 Å². The van der Waals surface area contributed by atoms with Gasteiger partial charge in [-0.3, -0.25) is 0 Å². The van der Waals surface area contributed by atoms with Crippen molar-refractivity contribution in [3.8, 4) is 0 Å². The quantitative estimate of drug-likeness (QED) is 0.0882. The summed E-state index contributed by atoms with van der Waals surface area (Å²) < 4.78 is 29.2. The summed E-state index contributed by atoms with van der Waals surface area (Å²) in [5.41, 5.74) is 0. The number of unbranched alkanes of at least 4 members (excludes halogenated alkanes) is 6. The summed E-state index contributed by atoms with van der Waals surface area (Å²) in [5.74, 6) is 0. The molecule has 0 atom stereocenters. The van der Waals surface area contributed by atoms with Crippen LogP contribution >= 0.6 is 0 Å². The molecule has 0 aromatic rings.